The van der Waals surface area contributed by atoms with E-state index in [9.17, 15) is 18.4 Å². The van der Waals surface area contributed by atoms with Crippen molar-refractivity contribution in [2.75, 3.05) is 14.2 Å². The van der Waals surface area contributed by atoms with Crippen LogP contribution in [0.1, 0.15) is 5.56 Å². The van der Waals surface area contributed by atoms with Crippen molar-refractivity contribution >= 4 is 16.8 Å². The van der Waals surface area contributed by atoms with Crippen LogP contribution in [0, 0.1) is 11.6 Å². The number of methoxy groups -OCH3 is 1. The maximum absolute atomic E-state index is 13.8. The minimum absolute atomic E-state index is 0.123. The molecule has 0 radical (unpaired) electrons. The maximum atomic E-state index is 13.8. The van der Waals surface area contributed by atoms with Crippen molar-refractivity contribution in [1.82, 2.24) is 14.5 Å². The molecule has 0 aliphatic rings. The number of aromatic nitrogens is 2. The van der Waals surface area contributed by atoms with Crippen LogP contribution in [0.25, 0.3) is 10.9 Å². The van der Waals surface area contributed by atoms with Crippen LogP contribution in [-0.2, 0) is 17.9 Å². The third-order valence-electron chi connectivity index (χ3n) is 4.15. The summed E-state index contributed by atoms with van der Waals surface area (Å²) in [6.45, 7) is -0.0605. The molecule has 0 atom stereocenters. The number of nitrogens with zero attached hydrogens (tertiary/aromatic N) is 3. The average molecular weight is 373 g/mol. The van der Waals surface area contributed by atoms with E-state index < -0.39 is 17.2 Å². The zero-order chi connectivity index (χ0) is 19.6. The van der Waals surface area contributed by atoms with Gasteiger partial charge in [-0.15, -0.1) is 0 Å². The Morgan fingerprint density at radius 2 is 2.00 bits per heavy atom. The Kier molecular flexibility index (Phi) is 5.16. The Hall–Kier alpha value is -3.29. The minimum atomic E-state index is -0.516. The van der Waals surface area contributed by atoms with Crippen LogP contribution in [0.2, 0.25) is 0 Å². The Morgan fingerprint density at radius 3 is 2.70 bits per heavy atom. The molecule has 1 heterocycles. The molecule has 3 rings (SSSR count). The van der Waals surface area contributed by atoms with Crippen molar-refractivity contribution in [2.45, 2.75) is 13.1 Å². The molecule has 6 nitrogen and oxygen atoms in total. The van der Waals surface area contributed by atoms with Crippen LogP contribution >= 0.6 is 0 Å². The Bertz CT molecular complexity index is 1070. The van der Waals surface area contributed by atoms with Gasteiger partial charge in [-0.1, -0.05) is 6.07 Å². The van der Waals surface area contributed by atoms with Crippen molar-refractivity contribution in [1.29, 1.82) is 0 Å². The molecule has 0 spiro atoms. The van der Waals surface area contributed by atoms with Crippen molar-refractivity contribution in [3.05, 3.63) is 70.3 Å². The van der Waals surface area contributed by atoms with Crippen LogP contribution < -0.4 is 10.3 Å². The van der Waals surface area contributed by atoms with Crippen LogP contribution in [0.5, 0.6) is 5.75 Å². The number of carbonyl (C=O) groups is 1. The SMILES string of the molecule is COc1ccc(CN(C)C(=O)Cn2cnc3cc(F)ccc3c2=O)cc1F. The van der Waals surface area contributed by atoms with Gasteiger partial charge in [0.2, 0.25) is 5.91 Å². The number of likely N-dealkylation sites (N-methyl/N-ethyl adjacent to an activating group) is 1. The fourth-order valence-corrected chi connectivity index (χ4v) is 2.68. The van der Waals surface area contributed by atoms with E-state index in [1.807, 2.05) is 0 Å². The van der Waals surface area contributed by atoms with Gasteiger partial charge in [0.25, 0.3) is 5.56 Å². The van der Waals surface area contributed by atoms with Gasteiger partial charge < -0.3 is 9.64 Å². The summed E-state index contributed by atoms with van der Waals surface area (Å²) in [4.78, 5) is 30.3. The predicted octanol–water partition coefficient (Wildman–Crippen LogP) is 2.34. The van der Waals surface area contributed by atoms with Crippen molar-refractivity contribution in [3.63, 3.8) is 0 Å². The standard InChI is InChI=1S/C19H17F2N3O3/c1-23(9-12-3-6-17(27-2)15(21)7-12)18(25)10-24-11-22-16-8-13(20)4-5-14(16)19(24)26/h3-8,11H,9-10H2,1-2H3. The van der Waals surface area contributed by atoms with Crippen LogP contribution in [0.15, 0.2) is 47.5 Å². The lowest BCUT2D eigenvalue weighted by molar-refractivity contribution is -0.131. The van der Waals surface area contributed by atoms with E-state index in [0.29, 0.717) is 5.56 Å². The zero-order valence-corrected chi connectivity index (χ0v) is 14.8. The van der Waals surface area contributed by atoms with Crippen LogP contribution in [0.4, 0.5) is 8.78 Å². The van der Waals surface area contributed by atoms with E-state index in [1.165, 1.54) is 42.6 Å². The first kappa shape index (κ1) is 18.5. The van der Waals surface area contributed by atoms with Crippen LogP contribution in [-0.4, -0.2) is 34.5 Å². The van der Waals surface area contributed by atoms with Gasteiger partial charge in [-0.3, -0.25) is 14.2 Å². The van der Waals surface area contributed by atoms with Crippen molar-refractivity contribution in [2.24, 2.45) is 0 Å². The quantitative estimate of drug-likeness (QED) is 0.689. The molecule has 1 amide bonds. The van der Waals surface area contributed by atoms with E-state index in [4.69, 9.17) is 4.74 Å². The summed E-state index contributed by atoms with van der Waals surface area (Å²) in [5.74, 6) is -1.23. The molecule has 2 aromatic carbocycles. The Balaban J connectivity index is 1.75. The average Bonchev–Trinajstić information content (AvgIpc) is 2.64. The van der Waals surface area contributed by atoms with Crippen molar-refractivity contribution < 1.29 is 18.3 Å². The first-order valence-corrected chi connectivity index (χ1v) is 8.10. The summed E-state index contributed by atoms with van der Waals surface area (Å²) in [6.07, 6.45) is 1.21. The number of fused-ring (bicyclic) bond motifs is 1. The van der Waals surface area contributed by atoms with E-state index in [-0.39, 0.29) is 35.6 Å². The smallest absolute Gasteiger partial charge is 0.261 e. The highest BCUT2D eigenvalue weighted by atomic mass is 19.1. The molecule has 0 unspecified atom stereocenters. The highest BCUT2D eigenvalue weighted by Gasteiger charge is 2.14. The second-order valence-electron chi connectivity index (χ2n) is 6.06. The lowest BCUT2D eigenvalue weighted by Crippen LogP contribution is -2.33. The summed E-state index contributed by atoms with van der Waals surface area (Å²) in [6, 6.07) is 8.10. The lowest BCUT2D eigenvalue weighted by Gasteiger charge is -2.18. The number of halogens is 2. The number of rotatable bonds is 5. The Labute approximate surface area is 153 Å². The molecule has 1 aromatic heterocycles. The van der Waals surface area contributed by atoms with E-state index in [0.717, 1.165) is 10.6 Å². The molecule has 140 valence electrons. The molecule has 0 bridgehead atoms. The fraction of sp³-hybridized carbons (Fsp3) is 0.211. The molecule has 8 heteroatoms. The molecule has 3 aromatic rings. The van der Waals surface area contributed by atoms with E-state index >= 15 is 0 Å². The topological polar surface area (TPSA) is 64.4 Å². The van der Waals surface area contributed by atoms with Gasteiger partial charge >= 0.3 is 0 Å². The monoisotopic (exact) mass is 373 g/mol. The Morgan fingerprint density at radius 1 is 1.22 bits per heavy atom. The molecular weight excluding hydrogens is 356 g/mol. The van der Waals surface area contributed by atoms with Gasteiger partial charge in [0.05, 0.1) is 24.3 Å². The number of benzene rings is 2. The number of amides is 1. The fourth-order valence-electron chi connectivity index (χ4n) is 2.68. The molecular formula is C19H17F2N3O3. The van der Waals surface area contributed by atoms with Gasteiger partial charge in [-0.25, -0.2) is 13.8 Å². The number of carbonyl (C=O) groups excluding carboxylic acids is 1. The number of ether oxygens (including phenoxy) is 1. The predicted molar refractivity (Wildman–Crippen MR) is 95.4 cm³/mol. The number of hydrogen-bond donors (Lipinski definition) is 0. The first-order valence-electron chi connectivity index (χ1n) is 8.10. The second-order valence-corrected chi connectivity index (χ2v) is 6.06. The molecule has 27 heavy (non-hydrogen) atoms. The maximum Gasteiger partial charge on any atom is 0.261 e. The first-order chi connectivity index (χ1) is 12.9. The van der Waals surface area contributed by atoms with Gasteiger partial charge in [-0.05, 0) is 29.8 Å². The molecule has 0 aliphatic carbocycles. The van der Waals surface area contributed by atoms with Gasteiger partial charge in [-0.2, -0.15) is 0 Å². The highest BCUT2D eigenvalue weighted by molar-refractivity contribution is 5.79. The van der Waals surface area contributed by atoms with Crippen LogP contribution in [0.3, 0.4) is 0 Å². The minimum Gasteiger partial charge on any atom is -0.494 e. The summed E-state index contributed by atoms with van der Waals surface area (Å²) in [5, 5.41) is 0.228. The highest BCUT2D eigenvalue weighted by Crippen LogP contribution is 2.18. The largest absolute Gasteiger partial charge is 0.494 e. The van der Waals surface area contributed by atoms with Gasteiger partial charge in [0.15, 0.2) is 11.6 Å². The van der Waals surface area contributed by atoms with Crippen molar-refractivity contribution in [3.8, 4) is 5.75 Å². The van der Waals surface area contributed by atoms with E-state index in [1.54, 1.807) is 13.1 Å². The summed E-state index contributed by atoms with van der Waals surface area (Å²) in [5.41, 5.74) is 0.381. The molecule has 0 aliphatic heterocycles. The summed E-state index contributed by atoms with van der Waals surface area (Å²) in [7, 11) is 2.93. The van der Waals surface area contributed by atoms with Gasteiger partial charge in [0.1, 0.15) is 12.4 Å². The molecule has 0 fully saturated rings. The molecule has 0 saturated heterocycles. The summed E-state index contributed by atoms with van der Waals surface area (Å²) >= 11 is 0. The molecule has 0 N–H and O–H groups in total. The van der Waals surface area contributed by atoms with E-state index in [2.05, 4.69) is 4.98 Å². The third-order valence-corrected chi connectivity index (χ3v) is 4.15. The molecule has 0 saturated carbocycles. The lowest BCUT2D eigenvalue weighted by atomic mass is 10.2. The third kappa shape index (κ3) is 3.94. The zero-order valence-electron chi connectivity index (χ0n) is 14.8. The number of hydrogen-bond acceptors (Lipinski definition) is 4. The summed E-state index contributed by atoms with van der Waals surface area (Å²) < 4.78 is 33.0. The van der Waals surface area contributed by atoms with Gasteiger partial charge in [0, 0.05) is 19.7 Å². The second kappa shape index (κ2) is 7.53. The normalized spacial score (nSPS) is 10.8.